The number of aryl methyl sites for hydroxylation is 1. The van der Waals surface area contributed by atoms with Crippen molar-refractivity contribution in [3.63, 3.8) is 0 Å². The number of carbonyl (C=O) groups is 1. The molecule has 4 aromatic rings. The van der Waals surface area contributed by atoms with Crippen molar-refractivity contribution in [1.29, 1.82) is 0 Å². The number of piperidine rings is 1. The number of imidazole rings is 1. The lowest BCUT2D eigenvalue weighted by Gasteiger charge is -2.34. The van der Waals surface area contributed by atoms with Crippen molar-refractivity contribution in [2.75, 3.05) is 18.0 Å². The zero-order valence-electron chi connectivity index (χ0n) is 26.3. The molecule has 1 aliphatic rings. The minimum absolute atomic E-state index is 0.0247. The smallest absolute Gasteiger partial charge is 0.407 e. The highest BCUT2D eigenvalue weighted by Crippen LogP contribution is 2.24. The van der Waals surface area contributed by atoms with Gasteiger partial charge in [-0.25, -0.2) is 9.59 Å². The Labute approximate surface area is 256 Å². The first-order valence-electron chi connectivity index (χ1n) is 15.0. The molecule has 5 rings (SSSR count). The standard InChI is InChI=1S/C33H41N7O4/c1-22(2)15-18-39-27-28(36-30(39)38-17-10-13-25(20-38)35-31(42)44-33(3,4)5)37(6)32(43)40(29(27)41)21-26-19-24(14-16-34-26)23-11-8-7-9-12-23/h7-9,11-12,14-16,19,25H,10,13,17-18,20-21H2,1-6H3,(H,35,42). The summed E-state index contributed by atoms with van der Waals surface area (Å²) in [5.74, 6) is 0.585. The molecule has 1 atom stereocenters. The maximum atomic E-state index is 14.1. The van der Waals surface area contributed by atoms with Gasteiger partial charge >= 0.3 is 11.8 Å². The van der Waals surface area contributed by atoms with Crippen LogP contribution in [0.25, 0.3) is 22.3 Å². The van der Waals surface area contributed by atoms with Crippen LogP contribution in [-0.2, 0) is 24.9 Å². The third-order valence-corrected chi connectivity index (χ3v) is 7.56. The van der Waals surface area contributed by atoms with Crippen molar-refractivity contribution in [3.8, 4) is 11.1 Å². The number of pyridine rings is 1. The van der Waals surface area contributed by atoms with Gasteiger partial charge in [-0.3, -0.25) is 18.9 Å². The van der Waals surface area contributed by atoms with E-state index in [2.05, 4.69) is 15.2 Å². The number of ether oxygens (including phenoxy) is 1. The van der Waals surface area contributed by atoms with Crippen LogP contribution in [-0.4, -0.2) is 54.5 Å². The van der Waals surface area contributed by atoms with Crippen molar-refractivity contribution in [2.24, 2.45) is 7.05 Å². The lowest BCUT2D eigenvalue weighted by Crippen LogP contribution is -2.49. The summed E-state index contributed by atoms with van der Waals surface area (Å²) in [6.45, 7) is 11.1. The number of allylic oxidation sites excluding steroid dienone is 2. The topological polar surface area (TPSA) is 116 Å². The van der Waals surface area contributed by atoms with Crippen LogP contribution < -0.4 is 21.5 Å². The SMILES string of the molecule is CC(C)=CCn1c(N2CCCC(NC(=O)OC(C)(C)C)C2)nc2c1c(=O)n(Cc1cc(-c3ccccc3)ccn1)c(=O)n2C. The van der Waals surface area contributed by atoms with E-state index >= 15 is 0 Å². The van der Waals surface area contributed by atoms with Crippen molar-refractivity contribution in [3.05, 3.63) is 86.8 Å². The fourth-order valence-electron chi connectivity index (χ4n) is 5.48. The zero-order valence-corrected chi connectivity index (χ0v) is 26.3. The van der Waals surface area contributed by atoms with Crippen LogP contribution in [0.2, 0.25) is 0 Å². The van der Waals surface area contributed by atoms with Crippen molar-refractivity contribution in [1.82, 2.24) is 29.0 Å². The summed E-state index contributed by atoms with van der Waals surface area (Å²) in [4.78, 5) is 51.6. The number of benzene rings is 1. The number of anilines is 1. The summed E-state index contributed by atoms with van der Waals surface area (Å²) < 4.78 is 10.0. The minimum Gasteiger partial charge on any atom is -0.444 e. The number of hydrogen-bond acceptors (Lipinski definition) is 7. The molecule has 0 spiro atoms. The second-order valence-electron chi connectivity index (χ2n) is 12.5. The average Bonchev–Trinajstić information content (AvgIpc) is 3.37. The fourth-order valence-corrected chi connectivity index (χ4v) is 5.48. The summed E-state index contributed by atoms with van der Waals surface area (Å²) in [6.07, 6.45) is 4.88. The number of nitrogens with one attached hydrogen (secondary N) is 1. The van der Waals surface area contributed by atoms with E-state index in [0.717, 1.165) is 29.5 Å². The third kappa shape index (κ3) is 6.77. The second kappa shape index (κ2) is 12.5. The van der Waals surface area contributed by atoms with Gasteiger partial charge in [0.15, 0.2) is 11.2 Å². The summed E-state index contributed by atoms with van der Waals surface area (Å²) in [6, 6.07) is 13.6. The molecule has 1 aliphatic heterocycles. The molecule has 1 unspecified atom stereocenters. The van der Waals surface area contributed by atoms with Crippen LogP contribution in [0.5, 0.6) is 0 Å². The van der Waals surface area contributed by atoms with Crippen LogP contribution in [0, 0.1) is 0 Å². The van der Waals surface area contributed by atoms with Crippen molar-refractivity contribution >= 4 is 23.2 Å². The highest BCUT2D eigenvalue weighted by Gasteiger charge is 2.29. The van der Waals surface area contributed by atoms with E-state index in [0.29, 0.717) is 42.4 Å². The van der Waals surface area contributed by atoms with Crippen molar-refractivity contribution in [2.45, 2.75) is 72.2 Å². The number of rotatable bonds is 7. The number of nitrogens with zero attached hydrogens (tertiary/aromatic N) is 6. The van der Waals surface area contributed by atoms with Crippen LogP contribution in [0.3, 0.4) is 0 Å². The van der Waals surface area contributed by atoms with Gasteiger partial charge in [-0.15, -0.1) is 0 Å². The number of carbonyl (C=O) groups excluding carboxylic acids is 1. The van der Waals surface area contributed by atoms with Crippen LogP contribution >= 0.6 is 0 Å². The van der Waals surface area contributed by atoms with Gasteiger partial charge in [-0.2, -0.15) is 4.98 Å². The third-order valence-electron chi connectivity index (χ3n) is 7.56. The Morgan fingerprint density at radius 2 is 1.84 bits per heavy atom. The van der Waals surface area contributed by atoms with Crippen LogP contribution in [0.1, 0.15) is 53.2 Å². The Morgan fingerprint density at radius 3 is 2.55 bits per heavy atom. The zero-order chi connectivity index (χ0) is 31.6. The van der Waals surface area contributed by atoms with Gasteiger partial charge in [-0.05, 0) is 70.7 Å². The number of aromatic nitrogens is 5. The van der Waals surface area contributed by atoms with E-state index in [-0.39, 0.29) is 12.6 Å². The molecule has 1 saturated heterocycles. The van der Waals surface area contributed by atoms with Crippen molar-refractivity contribution < 1.29 is 9.53 Å². The van der Waals surface area contributed by atoms with Crippen LogP contribution in [0.4, 0.5) is 10.7 Å². The highest BCUT2D eigenvalue weighted by molar-refractivity contribution is 5.75. The van der Waals surface area contributed by atoms with Gasteiger partial charge in [0, 0.05) is 38.9 Å². The lowest BCUT2D eigenvalue weighted by molar-refractivity contribution is 0.0499. The molecular formula is C33H41N7O4. The molecule has 0 radical (unpaired) electrons. The highest BCUT2D eigenvalue weighted by atomic mass is 16.6. The Balaban J connectivity index is 1.54. The molecule has 44 heavy (non-hydrogen) atoms. The van der Waals surface area contributed by atoms with E-state index in [4.69, 9.17) is 9.72 Å². The summed E-state index contributed by atoms with van der Waals surface area (Å²) in [7, 11) is 1.64. The maximum absolute atomic E-state index is 14.1. The van der Waals surface area contributed by atoms with Gasteiger partial charge in [0.25, 0.3) is 5.56 Å². The number of amides is 1. The molecule has 1 N–H and O–H groups in total. The molecule has 11 nitrogen and oxygen atoms in total. The molecule has 11 heteroatoms. The predicted molar refractivity (Wildman–Crippen MR) is 172 cm³/mol. The van der Waals surface area contributed by atoms with E-state index < -0.39 is 22.9 Å². The summed E-state index contributed by atoms with van der Waals surface area (Å²) in [5.41, 5.74) is 2.87. The van der Waals surface area contributed by atoms with Gasteiger partial charge in [0.2, 0.25) is 5.95 Å². The molecule has 0 saturated carbocycles. The number of hydrogen-bond donors (Lipinski definition) is 1. The molecule has 4 heterocycles. The summed E-state index contributed by atoms with van der Waals surface area (Å²) >= 11 is 0. The second-order valence-corrected chi connectivity index (χ2v) is 12.5. The Hall–Kier alpha value is -4.67. The molecular weight excluding hydrogens is 558 g/mol. The molecule has 1 amide bonds. The van der Waals surface area contributed by atoms with E-state index in [1.54, 1.807) is 13.2 Å². The molecule has 232 valence electrons. The molecule has 3 aromatic heterocycles. The van der Waals surface area contributed by atoms with E-state index in [1.807, 2.05) is 87.7 Å². The number of alkyl carbamates (subject to hydrolysis) is 1. The number of fused-ring (bicyclic) bond motifs is 1. The monoisotopic (exact) mass is 599 g/mol. The predicted octanol–water partition coefficient (Wildman–Crippen LogP) is 4.47. The van der Waals surface area contributed by atoms with Crippen LogP contribution in [0.15, 0.2) is 69.9 Å². The average molecular weight is 600 g/mol. The molecule has 0 bridgehead atoms. The van der Waals surface area contributed by atoms with Gasteiger partial charge < -0.3 is 19.5 Å². The first-order valence-corrected chi connectivity index (χ1v) is 15.0. The first-order chi connectivity index (χ1) is 20.9. The molecule has 0 aliphatic carbocycles. The Morgan fingerprint density at radius 1 is 1.09 bits per heavy atom. The Bertz CT molecular complexity index is 1810. The Kier molecular flexibility index (Phi) is 8.75. The minimum atomic E-state index is -0.597. The van der Waals surface area contributed by atoms with E-state index in [1.165, 1.54) is 9.13 Å². The molecule has 1 fully saturated rings. The molecule has 1 aromatic carbocycles. The van der Waals surface area contributed by atoms with E-state index in [9.17, 15) is 14.4 Å². The van der Waals surface area contributed by atoms with Gasteiger partial charge in [-0.1, -0.05) is 42.0 Å². The summed E-state index contributed by atoms with van der Waals surface area (Å²) in [5, 5.41) is 2.98. The normalized spacial score (nSPS) is 15.3. The quantitative estimate of drug-likeness (QED) is 0.312. The van der Waals surface area contributed by atoms with Gasteiger partial charge in [0.05, 0.1) is 12.2 Å². The lowest BCUT2D eigenvalue weighted by atomic mass is 10.1. The van der Waals surface area contributed by atoms with Gasteiger partial charge in [0.1, 0.15) is 5.60 Å². The first kappa shape index (κ1) is 30.8. The fraction of sp³-hybridized carbons (Fsp3) is 0.424. The maximum Gasteiger partial charge on any atom is 0.407 e. The largest absolute Gasteiger partial charge is 0.444 e.